The van der Waals surface area contributed by atoms with Gasteiger partial charge in [0.1, 0.15) is 0 Å². The summed E-state index contributed by atoms with van der Waals surface area (Å²) in [6.45, 7) is 6.80. The molecule has 0 bridgehead atoms. The summed E-state index contributed by atoms with van der Waals surface area (Å²) in [7, 11) is 0. The highest BCUT2D eigenvalue weighted by molar-refractivity contribution is 5.25. The molecular weight excluding hydrogens is 156 g/mol. The molecule has 0 radical (unpaired) electrons. The summed E-state index contributed by atoms with van der Waals surface area (Å²) in [6, 6.07) is 8.71. The van der Waals surface area contributed by atoms with Gasteiger partial charge in [-0.25, -0.2) is 0 Å². The minimum Gasteiger partial charge on any atom is -0.0654 e. The fourth-order valence-electron chi connectivity index (χ4n) is 1.81. The molecule has 0 unspecified atom stereocenters. The van der Waals surface area contributed by atoms with Crippen molar-refractivity contribution in [3.8, 4) is 0 Å². The second kappa shape index (κ2) is 5.06. The molecule has 13 heavy (non-hydrogen) atoms. The molecule has 0 spiro atoms. The zero-order valence-corrected chi connectivity index (χ0v) is 9.01. The number of benzene rings is 1. The van der Waals surface area contributed by atoms with Crippen molar-refractivity contribution in [3.05, 3.63) is 35.4 Å². The number of hydrogen-bond donors (Lipinski definition) is 0. The highest BCUT2D eigenvalue weighted by Gasteiger charge is 2.03. The molecule has 0 aliphatic heterocycles. The van der Waals surface area contributed by atoms with Crippen LogP contribution in [-0.2, 0) is 6.42 Å². The first-order valence-electron chi connectivity index (χ1n) is 5.28. The lowest BCUT2D eigenvalue weighted by molar-refractivity contribution is 0.521. The van der Waals surface area contributed by atoms with Crippen LogP contribution in [0.15, 0.2) is 24.3 Å². The summed E-state index contributed by atoms with van der Waals surface area (Å²) < 4.78 is 0. The van der Waals surface area contributed by atoms with E-state index < -0.39 is 0 Å². The van der Waals surface area contributed by atoms with E-state index in [0.717, 1.165) is 5.92 Å². The van der Waals surface area contributed by atoms with Crippen molar-refractivity contribution < 1.29 is 0 Å². The molecule has 0 heteroatoms. The van der Waals surface area contributed by atoms with Gasteiger partial charge in [0.15, 0.2) is 0 Å². The zero-order chi connectivity index (χ0) is 9.68. The predicted octanol–water partition coefficient (Wildman–Crippen LogP) is 3.97. The molecule has 0 nitrogen and oxygen atoms in total. The fourth-order valence-corrected chi connectivity index (χ4v) is 1.81. The fraction of sp³-hybridized carbons (Fsp3) is 0.538. The van der Waals surface area contributed by atoms with Crippen molar-refractivity contribution in [1.29, 1.82) is 0 Å². The Morgan fingerprint density at radius 3 is 2.54 bits per heavy atom. The average molecular weight is 176 g/mol. The van der Waals surface area contributed by atoms with Crippen LogP contribution in [0.1, 0.15) is 37.8 Å². The first-order chi connectivity index (χ1) is 6.24. The summed E-state index contributed by atoms with van der Waals surface area (Å²) in [5.41, 5.74) is 2.95. The molecule has 0 saturated carbocycles. The van der Waals surface area contributed by atoms with E-state index in [4.69, 9.17) is 0 Å². The summed E-state index contributed by atoms with van der Waals surface area (Å²) in [5.74, 6) is 0.825. The standard InChI is InChI=1S/C13H20/c1-4-7-11(2)10-13-9-6-5-8-12(13)3/h5-6,8-9,11H,4,7,10H2,1-3H3/t11-/m1/s1. The van der Waals surface area contributed by atoms with Crippen LogP contribution in [0.3, 0.4) is 0 Å². The first-order valence-corrected chi connectivity index (χ1v) is 5.28. The topological polar surface area (TPSA) is 0 Å². The van der Waals surface area contributed by atoms with E-state index in [2.05, 4.69) is 45.0 Å². The summed E-state index contributed by atoms with van der Waals surface area (Å²) in [6.07, 6.45) is 3.88. The van der Waals surface area contributed by atoms with Gasteiger partial charge in [-0.15, -0.1) is 0 Å². The second-order valence-electron chi connectivity index (χ2n) is 4.02. The van der Waals surface area contributed by atoms with Crippen molar-refractivity contribution in [2.45, 2.75) is 40.0 Å². The maximum atomic E-state index is 2.34. The highest BCUT2D eigenvalue weighted by Crippen LogP contribution is 2.16. The van der Waals surface area contributed by atoms with Crippen LogP contribution >= 0.6 is 0 Å². The summed E-state index contributed by atoms with van der Waals surface area (Å²) in [5, 5.41) is 0. The molecule has 0 fully saturated rings. The Balaban J connectivity index is 2.58. The molecule has 0 aliphatic rings. The Hall–Kier alpha value is -0.780. The summed E-state index contributed by atoms with van der Waals surface area (Å²) >= 11 is 0. The van der Waals surface area contributed by atoms with E-state index in [0.29, 0.717) is 0 Å². The van der Waals surface area contributed by atoms with Crippen molar-refractivity contribution in [2.24, 2.45) is 5.92 Å². The largest absolute Gasteiger partial charge is 0.0654 e. The van der Waals surface area contributed by atoms with E-state index in [1.54, 1.807) is 0 Å². The van der Waals surface area contributed by atoms with Crippen LogP contribution in [0.4, 0.5) is 0 Å². The minimum atomic E-state index is 0.825. The van der Waals surface area contributed by atoms with E-state index >= 15 is 0 Å². The molecule has 0 N–H and O–H groups in total. The molecule has 0 amide bonds. The van der Waals surface area contributed by atoms with Crippen molar-refractivity contribution in [1.82, 2.24) is 0 Å². The third-order valence-corrected chi connectivity index (χ3v) is 2.61. The highest BCUT2D eigenvalue weighted by atomic mass is 14.1. The number of hydrogen-bond acceptors (Lipinski definition) is 0. The molecule has 0 saturated heterocycles. The second-order valence-corrected chi connectivity index (χ2v) is 4.02. The molecule has 0 aliphatic carbocycles. The monoisotopic (exact) mass is 176 g/mol. The van der Waals surface area contributed by atoms with Gasteiger partial charge >= 0.3 is 0 Å². The number of aryl methyl sites for hydroxylation is 1. The lowest BCUT2D eigenvalue weighted by Crippen LogP contribution is -2.00. The van der Waals surface area contributed by atoms with Gasteiger partial charge in [0.05, 0.1) is 0 Å². The summed E-state index contributed by atoms with van der Waals surface area (Å²) in [4.78, 5) is 0. The number of rotatable bonds is 4. The van der Waals surface area contributed by atoms with Crippen LogP contribution in [0, 0.1) is 12.8 Å². The lowest BCUT2D eigenvalue weighted by atomic mass is 9.94. The molecule has 1 rings (SSSR count). The van der Waals surface area contributed by atoms with Gasteiger partial charge in [-0.3, -0.25) is 0 Å². The van der Waals surface area contributed by atoms with E-state index in [-0.39, 0.29) is 0 Å². The van der Waals surface area contributed by atoms with Crippen molar-refractivity contribution in [2.75, 3.05) is 0 Å². The van der Waals surface area contributed by atoms with Crippen molar-refractivity contribution in [3.63, 3.8) is 0 Å². The van der Waals surface area contributed by atoms with Crippen LogP contribution in [0.5, 0.6) is 0 Å². The smallest absolute Gasteiger partial charge is 0.0250 e. The Bertz CT molecular complexity index is 250. The maximum absolute atomic E-state index is 2.34. The van der Waals surface area contributed by atoms with Crippen LogP contribution < -0.4 is 0 Å². The Labute approximate surface area is 82.0 Å². The normalized spacial score (nSPS) is 12.8. The van der Waals surface area contributed by atoms with Crippen LogP contribution in [-0.4, -0.2) is 0 Å². The third kappa shape index (κ3) is 3.22. The van der Waals surface area contributed by atoms with Crippen LogP contribution in [0.2, 0.25) is 0 Å². The molecular formula is C13H20. The van der Waals surface area contributed by atoms with Gasteiger partial charge < -0.3 is 0 Å². The molecule has 72 valence electrons. The van der Waals surface area contributed by atoms with E-state index in [1.807, 2.05) is 0 Å². The molecule has 1 aromatic rings. The van der Waals surface area contributed by atoms with Gasteiger partial charge in [-0.2, -0.15) is 0 Å². The Morgan fingerprint density at radius 2 is 1.92 bits per heavy atom. The van der Waals surface area contributed by atoms with Gasteiger partial charge in [0.2, 0.25) is 0 Å². The molecule has 0 heterocycles. The molecule has 1 atom stereocenters. The molecule has 0 aromatic heterocycles. The van der Waals surface area contributed by atoms with E-state index in [1.165, 1.54) is 30.4 Å². The predicted molar refractivity (Wildman–Crippen MR) is 59.0 cm³/mol. The van der Waals surface area contributed by atoms with Gasteiger partial charge in [-0.05, 0) is 30.4 Å². The minimum absolute atomic E-state index is 0.825. The third-order valence-electron chi connectivity index (χ3n) is 2.61. The van der Waals surface area contributed by atoms with Crippen molar-refractivity contribution >= 4 is 0 Å². The van der Waals surface area contributed by atoms with E-state index in [9.17, 15) is 0 Å². The first kappa shape index (κ1) is 10.3. The Morgan fingerprint density at radius 1 is 1.23 bits per heavy atom. The molecule has 1 aromatic carbocycles. The van der Waals surface area contributed by atoms with Gasteiger partial charge in [0.25, 0.3) is 0 Å². The van der Waals surface area contributed by atoms with Gasteiger partial charge in [-0.1, -0.05) is 51.0 Å². The average Bonchev–Trinajstić information content (AvgIpc) is 2.09. The van der Waals surface area contributed by atoms with Crippen LogP contribution in [0.25, 0.3) is 0 Å². The Kier molecular flexibility index (Phi) is 4.01. The lowest BCUT2D eigenvalue weighted by Gasteiger charge is -2.11. The maximum Gasteiger partial charge on any atom is -0.0250 e. The SMILES string of the molecule is CCC[C@@H](C)Cc1ccccc1C. The zero-order valence-electron chi connectivity index (χ0n) is 9.01. The van der Waals surface area contributed by atoms with Gasteiger partial charge in [0, 0.05) is 0 Å². The quantitative estimate of drug-likeness (QED) is 0.651.